The molecule has 0 fully saturated rings. The fraction of sp³-hybridized carbons (Fsp3) is 0.308. The topological polar surface area (TPSA) is 107 Å². The van der Waals surface area contributed by atoms with E-state index in [-0.39, 0.29) is 30.7 Å². The monoisotopic (exact) mass is 529 g/mol. The smallest absolute Gasteiger partial charge is 0.357 e. The highest BCUT2D eigenvalue weighted by Crippen LogP contribution is 2.27. The summed E-state index contributed by atoms with van der Waals surface area (Å²) in [5.41, 5.74) is 2.26. The lowest BCUT2D eigenvalue weighted by Crippen LogP contribution is -2.47. The molecule has 36 heavy (non-hydrogen) atoms. The van der Waals surface area contributed by atoms with Gasteiger partial charge in [-0.05, 0) is 44.5 Å². The first-order valence-electron chi connectivity index (χ1n) is 11.4. The summed E-state index contributed by atoms with van der Waals surface area (Å²) in [5.74, 6) is -0.713. The molecule has 0 spiro atoms. The van der Waals surface area contributed by atoms with Crippen molar-refractivity contribution in [1.29, 1.82) is 0 Å². The zero-order chi connectivity index (χ0) is 26.2. The lowest BCUT2D eigenvalue weighted by atomic mass is 10.0. The molecular weight excluding hydrogens is 502 g/mol. The fourth-order valence-corrected chi connectivity index (χ4v) is 4.36. The molecule has 0 radical (unpaired) electrons. The number of hydrogen-bond acceptors (Lipinski definition) is 7. The number of nitrogens with one attached hydrogen (secondary N) is 2. The van der Waals surface area contributed by atoms with Crippen molar-refractivity contribution in [2.75, 3.05) is 13.7 Å². The summed E-state index contributed by atoms with van der Waals surface area (Å²) >= 11 is 7.60. The predicted octanol–water partition coefficient (Wildman–Crippen LogP) is 4.51. The molecule has 3 rings (SSSR count). The van der Waals surface area contributed by atoms with Crippen molar-refractivity contribution in [3.8, 4) is 16.3 Å². The molecule has 8 nitrogen and oxygen atoms in total. The third-order valence-corrected chi connectivity index (χ3v) is 6.24. The molecule has 0 aliphatic heterocycles. The van der Waals surface area contributed by atoms with Crippen molar-refractivity contribution in [3.63, 3.8) is 0 Å². The number of ether oxygens (including phenoxy) is 2. The minimum atomic E-state index is -0.797. The molecule has 1 atom stereocenters. The minimum Gasteiger partial charge on any atom is -0.489 e. The summed E-state index contributed by atoms with van der Waals surface area (Å²) in [6.07, 6.45) is 0.223. The second-order valence-corrected chi connectivity index (χ2v) is 9.38. The molecule has 1 unspecified atom stereocenters. The molecule has 190 valence electrons. The van der Waals surface area contributed by atoms with Crippen LogP contribution in [-0.2, 0) is 16.0 Å². The van der Waals surface area contributed by atoms with Crippen LogP contribution >= 0.6 is 22.9 Å². The number of benzene rings is 2. The number of rotatable bonds is 10. The van der Waals surface area contributed by atoms with Crippen molar-refractivity contribution in [3.05, 3.63) is 69.7 Å². The highest BCUT2D eigenvalue weighted by Gasteiger charge is 2.22. The van der Waals surface area contributed by atoms with Gasteiger partial charge in [0.25, 0.3) is 5.91 Å². The second kappa shape index (κ2) is 12.5. The fourth-order valence-electron chi connectivity index (χ4n) is 3.34. The summed E-state index contributed by atoms with van der Waals surface area (Å²) in [5, 5.41) is 8.03. The van der Waals surface area contributed by atoms with Crippen LogP contribution in [0.1, 0.15) is 47.2 Å². The molecule has 2 N–H and O–H groups in total. The quantitative estimate of drug-likeness (QED) is 0.374. The summed E-state index contributed by atoms with van der Waals surface area (Å²) in [6, 6.07) is 11.4. The van der Waals surface area contributed by atoms with Crippen LogP contribution in [0.4, 0.5) is 0 Å². The number of carbonyl (C=O) groups is 3. The molecule has 1 heterocycles. The number of carbonyl (C=O) groups excluding carboxylic acids is 3. The molecule has 1 aromatic heterocycles. The first-order chi connectivity index (χ1) is 17.2. The number of halogens is 1. The van der Waals surface area contributed by atoms with Gasteiger partial charge in [-0.2, -0.15) is 0 Å². The van der Waals surface area contributed by atoms with Gasteiger partial charge in [0, 0.05) is 30.0 Å². The van der Waals surface area contributed by atoms with Crippen LogP contribution in [0.3, 0.4) is 0 Å². The van der Waals surface area contributed by atoms with Crippen molar-refractivity contribution in [2.24, 2.45) is 0 Å². The third kappa shape index (κ3) is 7.05. The van der Waals surface area contributed by atoms with E-state index in [4.69, 9.17) is 21.1 Å². The number of amides is 2. The molecular formula is C26H28ClN3O5S. The van der Waals surface area contributed by atoms with E-state index < -0.39 is 17.9 Å². The van der Waals surface area contributed by atoms with E-state index >= 15 is 0 Å². The first kappa shape index (κ1) is 27.2. The SMILES string of the molecule is CCOC(=O)c1csc(-c2ccc(CC(NC(=O)c3ccc(OC(C)C)c(Cl)c3)C(=O)NC)cc2)n1. The van der Waals surface area contributed by atoms with Gasteiger partial charge in [0.2, 0.25) is 5.91 Å². The van der Waals surface area contributed by atoms with E-state index in [1.165, 1.54) is 24.5 Å². The summed E-state index contributed by atoms with van der Waals surface area (Å²) in [4.78, 5) is 41.6. The molecule has 0 aliphatic rings. The lowest BCUT2D eigenvalue weighted by molar-refractivity contribution is -0.122. The van der Waals surface area contributed by atoms with E-state index in [2.05, 4.69) is 15.6 Å². The Morgan fingerprint density at radius 3 is 2.44 bits per heavy atom. The average Bonchev–Trinajstić information content (AvgIpc) is 3.35. The number of thiazole rings is 1. The van der Waals surface area contributed by atoms with E-state index in [0.717, 1.165) is 11.1 Å². The Hall–Kier alpha value is -3.43. The van der Waals surface area contributed by atoms with Gasteiger partial charge < -0.3 is 20.1 Å². The van der Waals surface area contributed by atoms with E-state index in [1.54, 1.807) is 24.4 Å². The maximum atomic E-state index is 12.9. The Labute approximate surface area is 219 Å². The maximum Gasteiger partial charge on any atom is 0.357 e. The van der Waals surface area contributed by atoms with Crippen molar-refractivity contribution >= 4 is 40.7 Å². The van der Waals surface area contributed by atoms with E-state index in [0.29, 0.717) is 21.3 Å². The number of hydrogen-bond donors (Lipinski definition) is 2. The van der Waals surface area contributed by atoms with Crippen molar-refractivity contribution in [1.82, 2.24) is 15.6 Å². The lowest BCUT2D eigenvalue weighted by Gasteiger charge is -2.18. The van der Waals surface area contributed by atoms with Gasteiger partial charge in [0.1, 0.15) is 16.8 Å². The molecule has 3 aromatic rings. The molecule has 0 saturated carbocycles. The summed E-state index contributed by atoms with van der Waals surface area (Å²) in [7, 11) is 1.52. The van der Waals surface area contributed by atoms with Crippen LogP contribution in [-0.4, -0.2) is 48.6 Å². The van der Waals surface area contributed by atoms with Crippen LogP contribution in [0.15, 0.2) is 47.8 Å². The number of likely N-dealkylation sites (N-methyl/N-ethyl adjacent to an activating group) is 1. The standard InChI is InChI=1S/C26H28ClN3O5S/c1-5-34-26(33)21-14-36-25(30-21)17-8-6-16(7-9-17)12-20(24(32)28-4)29-23(31)18-10-11-22(19(27)13-18)35-15(2)3/h6-11,13-15,20H,5,12H2,1-4H3,(H,28,32)(H,29,31). The van der Waals surface area contributed by atoms with Gasteiger partial charge in [0.05, 0.1) is 17.7 Å². The molecule has 0 aliphatic carbocycles. The Bertz CT molecular complexity index is 1230. The average molecular weight is 530 g/mol. The Morgan fingerprint density at radius 1 is 1.11 bits per heavy atom. The molecule has 10 heteroatoms. The third-order valence-electron chi connectivity index (χ3n) is 5.05. The minimum absolute atomic E-state index is 0.0543. The van der Waals surface area contributed by atoms with Crippen LogP contribution in [0.25, 0.3) is 10.6 Å². The zero-order valence-corrected chi connectivity index (χ0v) is 22.0. The molecule has 0 saturated heterocycles. The normalized spacial score (nSPS) is 11.6. The van der Waals surface area contributed by atoms with Gasteiger partial charge in [-0.1, -0.05) is 35.9 Å². The van der Waals surface area contributed by atoms with E-state index in [9.17, 15) is 14.4 Å². The Morgan fingerprint density at radius 2 is 1.83 bits per heavy atom. The van der Waals surface area contributed by atoms with Gasteiger partial charge in [-0.3, -0.25) is 9.59 Å². The zero-order valence-electron chi connectivity index (χ0n) is 20.5. The summed E-state index contributed by atoms with van der Waals surface area (Å²) in [6.45, 7) is 5.80. The van der Waals surface area contributed by atoms with Gasteiger partial charge in [0.15, 0.2) is 5.69 Å². The van der Waals surface area contributed by atoms with Crippen molar-refractivity contribution in [2.45, 2.75) is 39.3 Å². The Balaban J connectivity index is 1.70. The predicted molar refractivity (Wildman–Crippen MR) is 140 cm³/mol. The van der Waals surface area contributed by atoms with Crippen molar-refractivity contribution < 1.29 is 23.9 Å². The van der Waals surface area contributed by atoms with Gasteiger partial charge in [-0.15, -0.1) is 11.3 Å². The van der Waals surface area contributed by atoms with Crippen LogP contribution in [0.2, 0.25) is 5.02 Å². The highest BCUT2D eigenvalue weighted by atomic mass is 35.5. The first-order valence-corrected chi connectivity index (χ1v) is 12.7. The maximum absolute atomic E-state index is 12.9. The number of aromatic nitrogens is 1. The highest BCUT2D eigenvalue weighted by molar-refractivity contribution is 7.13. The Kier molecular flexibility index (Phi) is 9.44. The summed E-state index contributed by atoms with van der Waals surface area (Å²) < 4.78 is 10.6. The number of nitrogens with zero attached hydrogens (tertiary/aromatic N) is 1. The van der Waals surface area contributed by atoms with E-state index in [1.807, 2.05) is 38.1 Å². The number of esters is 1. The van der Waals surface area contributed by atoms with Crippen LogP contribution in [0, 0.1) is 0 Å². The van der Waals surface area contributed by atoms with Gasteiger partial charge in [-0.25, -0.2) is 9.78 Å². The van der Waals surface area contributed by atoms with Crippen LogP contribution in [0.5, 0.6) is 5.75 Å². The molecule has 2 amide bonds. The largest absolute Gasteiger partial charge is 0.489 e. The van der Waals surface area contributed by atoms with Crippen LogP contribution < -0.4 is 15.4 Å². The molecule has 2 aromatic carbocycles. The second-order valence-electron chi connectivity index (χ2n) is 8.11. The molecule has 0 bridgehead atoms. The van der Waals surface area contributed by atoms with Gasteiger partial charge >= 0.3 is 5.97 Å².